The van der Waals surface area contributed by atoms with Crippen LogP contribution in [0.1, 0.15) is 46.7 Å². The molecular formula is C20H24N2O3. The molecule has 0 amide bonds. The Balaban J connectivity index is 1.92. The first-order valence-electron chi connectivity index (χ1n) is 8.59. The summed E-state index contributed by atoms with van der Waals surface area (Å²) in [6.45, 7) is 8.33. The zero-order chi connectivity index (χ0) is 18.1. The van der Waals surface area contributed by atoms with Crippen molar-refractivity contribution in [1.82, 2.24) is 9.78 Å². The van der Waals surface area contributed by atoms with E-state index in [9.17, 15) is 4.79 Å². The first-order valence-corrected chi connectivity index (χ1v) is 8.59. The molecule has 2 aromatic rings. The van der Waals surface area contributed by atoms with Crippen molar-refractivity contribution in [1.29, 1.82) is 0 Å². The number of allylic oxidation sites excluding steroid dienone is 1. The molecule has 1 aliphatic heterocycles. The summed E-state index contributed by atoms with van der Waals surface area (Å²) in [4.78, 5) is 12.6. The third-order valence-corrected chi connectivity index (χ3v) is 4.50. The van der Waals surface area contributed by atoms with Crippen molar-refractivity contribution < 1.29 is 14.3 Å². The van der Waals surface area contributed by atoms with Crippen molar-refractivity contribution in [3.05, 3.63) is 46.3 Å². The second kappa shape index (κ2) is 6.75. The van der Waals surface area contributed by atoms with Gasteiger partial charge >= 0.3 is 0 Å². The van der Waals surface area contributed by atoms with E-state index in [1.165, 1.54) is 0 Å². The monoisotopic (exact) mass is 340 g/mol. The zero-order valence-corrected chi connectivity index (χ0v) is 15.4. The van der Waals surface area contributed by atoms with Crippen LogP contribution in [0.2, 0.25) is 0 Å². The molecule has 1 aromatic carbocycles. The fourth-order valence-electron chi connectivity index (χ4n) is 3.24. The minimum atomic E-state index is -0.0552. The molecule has 0 fully saturated rings. The maximum absolute atomic E-state index is 12.6. The van der Waals surface area contributed by atoms with Gasteiger partial charge in [-0.15, -0.1) is 0 Å². The van der Waals surface area contributed by atoms with Crippen molar-refractivity contribution in [3.8, 4) is 11.5 Å². The predicted octanol–water partition coefficient (Wildman–Crippen LogP) is 3.66. The van der Waals surface area contributed by atoms with Gasteiger partial charge in [-0.3, -0.25) is 9.48 Å². The van der Waals surface area contributed by atoms with Gasteiger partial charge in [0.05, 0.1) is 17.9 Å². The van der Waals surface area contributed by atoms with E-state index in [0.717, 1.165) is 40.4 Å². The maximum atomic E-state index is 12.6. The molecule has 1 aliphatic rings. The second-order valence-electron chi connectivity index (χ2n) is 6.43. The van der Waals surface area contributed by atoms with Crippen LogP contribution in [0.15, 0.2) is 18.2 Å². The van der Waals surface area contributed by atoms with Gasteiger partial charge in [-0.1, -0.05) is 0 Å². The van der Waals surface area contributed by atoms with Crippen molar-refractivity contribution >= 4 is 11.9 Å². The lowest BCUT2D eigenvalue weighted by atomic mass is 10.0. The molecule has 25 heavy (non-hydrogen) atoms. The summed E-state index contributed by atoms with van der Waals surface area (Å²) in [5.41, 5.74) is 4.26. The Labute approximate surface area is 148 Å². The number of ketones is 1. The van der Waals surface area contributed by atoms with Gasteiger partial charge in [0.25, 0.3) is 0 Å². The summed E-state index contributed by atoms with van der Waals surface area (Å²) in [6, 6.07) is 3.98. The Morgan fingerprint density at radius 3 is 2.84 bits per heavy atom. The third-order valence-electron chi connectivity index (χ3n) is 4.50. The molecule has 0 spiro atoms. The molecule has 3 rings (SSSR count). The highest BCUT2D eigenvalue weighted by Crippen LogP contribution is 2.35. The second-order valence-corrected chi connectivity index (χ2v) is 6.43. The smallest absolute Gasteiger partial charge is 0.189 e. The van der Waals surface area contributed by atoms with Crippen LogP contribution < -0.4 is 9.47 Å². The van der Waals surface area contributed by atoms with Crippen LogP contribution in [0.3, 0.4) is 0 Å². The Bertz CT molecular complexity index is 849. The van der Waals surface area contributed by atoms with Gasteiger partial charge < -0.3 is 9.47 Å². The van der Waals surface area contributed by atoms with E-state index in [4.69, 9.17) is 9.47 Å². The van der Waals surface area contributed by atoms with Crippen LogP contribution in [0.4, 0.5) is 0 Å². The molecule has 5 nitrogen and oxygen atoms in total. The number of fused-ring (bicyclic) bond motifs is 1. The topological polar surface area (TPSA) is 53.3 Å². The molecule has 0 bridgehead atoms. The Morgan fingerprint density at radius 2 is 2.20 bits per heavy atom. The van der Waals surface area contributed by atoms with E-state index in [2.05, 4.69) is 5.10 Å². The van der Waals surface area contributed by atoms with Crippen LogP contribution in [0, 0.1) is 13.8 Å². The average molecular weight is 340 g/mol. The van der Waals surface area contributed by atoms with Crippen molar-refractivity contribution in [2.24, 2.45) is 7.05 Å². The molecule has 0 radical (unpaired) electrons. The molecular weight excluding hydrogens is 316 g/mol. The van der Waals surface area contributed by atoms with Crippen LogP contribution in [-0.2, 0) is 13.5 Å². The standard InChI is InChI=1S/C20H24N2O3/c1-6-24-18-11-16-9-12(2)25-19(16)10-15(18)7-8-17(23)20-13(3)21-22(5)14(20)4/h7-8,10-12H,6,9H2,1-5H3/b8-7+. The van der Waals surface area contributed by atoms with Gasteiger partial charge in [-0.2, -0.15) is 5.10 Å². The molecule has 2 heterocycles. The summed E-state index contributed by atoms with van der Waals surface area (Å²) >= 11 is 0. The number of rotatable bonds is 5. The first-order chi connectivity index (χ1) is 11.9. The third kappa shape index (κ3) is 3.31. The summed E-state index contributed by atoms with van der Waals surface area (Å²) < 4.78 is 13.3. The Hall–Kier alpha value is -2.56. The fourth-order valence-corrected chi connectivity index (χ4v) is 3.24. The lowest BCUT2D eigenvalue weighted by molar-refractivity contribution is 0.104. The number of aromatic nitrogens is 2. The number of nitrogens with zero attached hydrogens (tertiary/aromatic N) is 2. The van der Waals surface area contributed by atoms with E-state index in [-0.39, 0.29) is 11.9 Å². The number of ether oxygens (including phenoxy) is 2. The quantitative estimate of drug-likeness (QED) is 0.616. The van der Waals surface area contributed by atoms with E-state index >= 15 is 0 Å². The largest absolute Gasteiger partial charge is 0.493 e. The summed E-state index contributed by atoms with van der Waals surface area (Å²) in [7, 11) is 1.84. The number of hydrogen-bond donors (Lipinski definition) is 0. The number of hydrogen-bond acceptors (Lipinski definition) is 4. The normalized spacial score (nSPS) is 16.1. The predicted molar refractivity (Wildman–Crippen MR) is 97.5 cm³/mol. The highest BCUT2D eigenvalue weighted by molar-refractivity contribution is 6.08. The highest BCUT2D eigenvalue weighted by Gasteiger charge is 2.21. The Kier molecular flexibility index (Phi) is 4.66. The molecule has 1 aromatic heterocycles. The molecule has 0 aliphatic carbocycles. The fraction of sp³-hybridized carbons (Fsp3) is 0.400. The number of carbonyl (C=O) groups excluding carboxylic acids is 1. The lowest BCUT2D eigenvalue weighted by Crippen LogP contribution is -2.05. The van der Waals surface area contributed by atoms with Crippen LogP contribution in [-0.4, -0.2) is 28.3 Å². The summed E-state index contributed by atoms with van der Waals surface area (Å²) in [6.07, 6.45) is 4.43. The van der Waals surface area contributed by atoms with Crippen LogP contribution in [0.5, 0.6) is 11.5 Å². The minimum absolute atomic E-state index is 0.0552. The summed E-state index contributed by atoms with van der Waals surface area (Å²) in [5, 5.41) is 4.31. The molecule has 0 N–H and O–H groups in total. The highest BCUT2D eigenvalue weighted by atomic mass is 16.5. The van der Waals surface area contributed by atoms with Gasteiger partial charge in [0, 0.05) is 30.3 Å². The molecule has 0 saturated heterocycles. The van der Waals surface area contributed by atoms with Gasteiger partial charge in [0.2, 0.25) is 0 Å². The van der Waals surface area contributed by atoms with Gasteiger partial charge in [0.15, 0.2) is 5.78 Å². The molecule has 1 unspecified atom stereocenters. The van der Waals surface area contributed by atoms with Crippen LogP contribution in [0.25, 0.3) is 6.08 Å². The van der Waals surface area contributed by atoms with Gasteiger partial charge in [0.1, 0.15) is 17.6 Å². The van der Waals surface area contributed by atoms with E-state index in [1.807, 2.05) is 46.9 Å². The van der Waals surface area contributed by atoms with Crippen LogP contribution >= 0.6 is 0 Å². The van der Waals surface area contributed by atoms with E-state index < -0.39 is 0 Å². The number of benzene rings is 1. The maximum Gasteiger partial charge on any atom is 0.189 e. The lowest BCUT2D eigenvalue weighted by Gasteiger charge is -2.10. The van der Waals surface area contributed by atoms with Crippen molar-refractivity contribution in [3.63, 3.8) is 0 Å². The number of aryl methyl sites for hydroxylation is 2. The molecule has 132 valence electrons. The SMILES string of the molecule is CCOc1cc2c(cc1/C=C/C(=O)c1c(C)nn(C)c1C)OC(C)C2. The molecule has 5 heteroatoms. The molecule has 0 saturated carbocycles. The summed E-state index contributed by atoms with van der Waals surface area (Å²) in [5.74, 6) is 1.60. The zero-order valence-electron chi connectivity index (χ0n) is 15.4. The average Bonchev–Trinajstić information content (AvgIpc) is 3.03. The van der Waals surface area contributed by atoms with Crippen molar-refractivity contribution in [2.45, 2.75) is 40.2 Å². The minimum Gasteiger partial charge on any atom is -0.493 e. The number of carbonyl (C=O) groups is 1. The van der Waals surface area contributed by atoms with E-state index in [0.29, 0.717) is 12.2 Å². The Morgan fingerprint density at radius 1 is 1.44 bits per heavy atom. The van der Waals surface area contributed by atoms with Crippen molar-refractivity contribution in [2.75, 3.05) is 6.61 Å². The molecule has 1 atom stereocenters. The van der Waals surface area contributed by atoms with Gasteiger partial charge in [-0.25, -0.2) is 0 Å². The van der Waals surface area contributed by atoms with Gasteiger partial charge in [-0.05, 0) is 52.0 Å². The van der Waals surface area contributed by atoms with E-state index in [1.54, 1.807) is 16.8 Å². The first kappa shape index (κ1) is 17.3.